The number of anilines is 1. The highest BCUT2D eigenvalue weighted by Crippen LogP contribution is 2.29. The van der Waals surface area contributed by atoms with Crippen molar-refractivity contribution in [2.45, 2.75) is 19.3 Å². The van der Waals surface area contributed by atoms with Crippen molar-refractivity contribution >= 4 is 11.6 Å². The van der Waals surface area contributed by atoms with Crippen LogP contribution in [0.3, 0.4) is 0 Å². The Kier molecular flexibility index (Phi) is 2.68. The van der Waals surface area contributed by atoms with Crippen LogP contribution in [-0.2, 0) is 17.6 Å². The molecular formula is C11H12FNO2. The molecule has 0 fully saturated rings. The first-order valence-electron chi connectivity index (χ1n) is 4.92. The number of fused-ring (bicyclic) bond motifs is 1. The average molecular weight is 209 g/mol. The molecule has 1 aliphatic heterocycles. The van der Waals surface area contributed by atoms with Crippen LogP contribution in [-0.4, -0.2) is 17.6 Å². The molecule has 0 saturated heterocycles. The summed E-state index contributed by atoms with van der Waals surface area (Å²) in [6.07, 6.45) is 1.40. The number of aliphatic hydroxyl groups is 1. The SMILES string of the molecule is O=C1Cc2cc(F)cc(CCCO)c2N1. The van der Waals surface area contributed by atoms with Crippen LogP contribution in [0.5, 0.6) is 0 Å². The smallest absolute Gasteiger partial charge is 0.228 e. The molecule has 4 heteroatoms. The van der Waals surface area contributed by atoms with Gasteiger partial charge >= 0.3 is 0 Å². The lowest BCUT2D eigenvalue weighted by Gasteiger charge is -2.07. The molecule has 1 aliphatic rings. The maximum atomic E-state index is 13.2. The molecular weight excluding hydrogens is 197 g/mol. The molecule has 1 heterocycles. The highest BCUT2D eigenvalue weighted by atomic mass is 19.1. The Balaban J connectivity index is 2.34. The van der Waals surface area contributed by atoms with E-state index in [1.807, 2.05) is 0 Å². The molecule has 0 spiro atoms. The number of halogens is 1. The highest BCUT2D eigenvalue weighted by molar-refractivity contribution is 6.00. The minimum Gasteiger partial charge on any atom is -0.396 e. The van der Waals surface area contributed by atoms with Gasteiger partial charge in [0.25, 0.3) is 0 Å². The van der Waals surface area contributed by atoms with E-state index in [4.69, 9.17) is 5.11 Å². The second-order valence-corrected chi connectivity index (χ2v) is 3.65. The Morgan fingerprint density at radius 2 is 2.27 bits per heavy atom. The number of nitrogens with one attached hydrogen (secondary N) is 1. The lowest BCUT2D eigenvalue weighted by atomic mass is 10.0. The number of aryl methyl sites for hydroxylation is 1. The van der Waals surface area contributed by atoms with Gasteiger partial charge in [0.05, 0.1) is 6.42 Å². The predicted molar refractivity (Wildman–Crippen MR) is 54.1 cm³/mol. The van der Waals surface area contributed by atoms with Crippen LogP contribution in [0.25, 0.3) is 0 Å². The monoisotopic (exact) mass is 209 g/mol. The quantitative estimate of drug-likeness (QED) is 0.787. The van der Waals surface area contributed by atoms with Crippen LogP contribution >= 0.6 is 0 Å². The fraction of sp³-hybridized carbons (Fsp3) is 0.364. The molecule has 80 valence electrons. The Bertz CT molecular complexity index is 404. The molecule has 2 N–H and O–H groups in total. The number of benzene rings is 1. The van der Waals surface area contributed by atoms with E-state index in [9.17, 15) is 9.18 Å². The minimum absolute atomic E-state index is 0.0687. The molecule has 0 aromatic heterocycles. The number of carbonyl (C=O) groups is 1. The molecule has 2 rings (SSSR count). The van der Waals surface area contributed by atoms with Gasteiger partial charge in [-0.15, -0.1) is 0 Å². The van der Waals surface area contributed by atoms with Gasteiger partial charge in [0, 0.05) is 12.3 Å². The number of hydrogen-bond donors (Lipinski definition) is 2. The summed E-state index contributed by atoms with van der Waals surface area (Å²) in [5.41, 5.74) is 2.22. The van der Waals surface area contributed by atoms with Crippen molar-refractivity contribution in [3.05, 3.63) is 29.1 Å². The summed E-state index contributed by atoms with van der Waals surface area (Å²) >= 11 is 0. The van der Waals surface area contributed by atoms with E-state index >= 15 is 0 Å². The fourth-order valence-corrected chi connectivity index (χ4v) is 1.85. The lowest BCUT2D eigenvalue weighted by molar-refractivity contribution is -0.115. The summed E-state index contributed by atoms with van der Waals surface area (Å²) in [6, 6.07) is 2.80. The summed E-state index contributed by atoms with van der Waals surface area (Å²) in [5.74, 6) is -0.418. The second-order valence-electron chi connectivity index (χ2n) is 3.65. The molecule has 0 atom stereocenters. The predicted octanol–water partition coefficient (Wildman–Crippen LogP) is 1.25. The molecule has 1 aromatic rings. The van der Waals surface area contributed by atoms with E-state index < -0.39 is 0 Å². The standard InChI is InChI=1S/C11H12FNO2/c12-9-4-7(2-1-3-14)11-8(5-9)6-10(15)13-11/h4-5,14H,1-3,6H2,(H,13,15). The van der Waals surface area contributed by atoms with Gasteiger partial charge < -0.3 is 10.4 Å². The molecule has 0 aliphatic carbocycles. The van der Waals surface area contributed by atoms with Crippen molar-refractivity contribution in [3.8, 4) is 0 Å². The molecule has 3 nitrogen and oxygen atoms in total. The zero-order valence-electron chi connectivity index (χ0n) is 8.22. The number of amides is 1. The van der Waals surface area contributed by atoms with Gasteiger partial charge in [-0.25, -0.2) is 4.39 Å². The van der Waals surface area contributed by atoms with Crippen LogP contribution < -0.4 is 5.32 Å². The summed E-state index contributed by atoms with van der Waals surface area (Å²) < 4.78 is 13.2. The third kappa shape index (κ3) is 1.99. The zero-order valence-corrected chi connectivity index (χ0v) is 8.22. The van der Waals surface area contributed by atoms with Gasteiger partial charge in [0.2, 0.25) is 5.91 Å². The van der Waals surface area contributed by atoms with Crippen molar-refractivity contribution < 1.29 is 14.3 Å². The largest absolute Gasteiger partial charge is 0.396 e. The Morgan fingerprint density at radius 3 is 3.00 bits per heavy atom. The fourth-order valence-electron chi connectivity index (χ4n) is 1.85. The molecule has 0 saturated carbocycles. The van der Waals surface area contributed by atoms with Gasteiger partial charge in [0.1, 0.15) is 5.82 Å². The number of rotatable bonds is 3. The van der Waals surface area contributed by atoms with E-state index in [0.29, 0.717) is 18.4 Å². The first-order chi connectivity index (χ1) is 7.20. The molecule has 0 bridgehead atoms. The van der Waals surface area contributed by atoms with E-state index in [-0.39, 0.29) is 24.8 Å². The first-order valence-corrected chi connectivity index (χ1v) is 4.92. The zero-order chi connectivity index (χ0) is 10.8. The lowest BCUT2D eigenvalue weighted by Crippen LogP contribution is -2.05. The van der Waals surface area contributed by atoms with Crippen molar-refractivity contribution in [2.75, 3.05) is 11.9 Å². The number of carbonyl (C=O) groups excluding carboxylic acids is 1. The highest BCUT2D eigenvalue weighted by Gasteiger charge is 2.21. The van der Waals surface area contributed by atoms with Crippen LogP contribution in [0, 0.1) is 5.82 Å². The summed E-state index contributed by atoms with van der Waals surface area (Å²) in [5, 5.41) is 11.4. The van der Waals surface area contributed by atoms with Gasteiger partial charge in [-0.2, -0.15) is 0 Å². The van der Waals surface area contributed by atoms with Crippen molar-refractivity contribution in [2.24, 2.45) is 0 Å². The third-order valence-electron chi connectivity index (χ3n) is 2.49. The maximum Gasteiger partial charge on any atom is 0.228 e. The van der Waals surface area contributed by atoms with Crippen molar-refractivity contribution in [3.63, 3.8) is 0 Å². The third-order valence-corrected chi connectivity index (χ3v) is 2.49. The molecule has 1 amide bonds. The van der Waals surface area contributed by atoms with Crippen molar-refractivity contribution in [1.82, 2.24) is 0 Å². The number of hydrogen-bond acceptors (Lipinski definition) is 2. The Morgan fingerprint density at radius 1 is 1.47 bits per heavy atom. The average Bonchev–Trinajstić information content (AvgIpc) is 2.54. The van der Waals surface area contributed by atoms with Gasteiger partial charge in [0.15, 0.2) is 0 Å². The molecule has 1 aromatic carbocycles. The maximum absolute atomic E-state index is 13.2. The first kappa shape index (κ1) is 10.1. The van der Waals surface area contributed by atoms with Crippen molar-refractivity contribution in [1.29, 1.82) is 0 Å². The van der Waals surface area contributed by atoms with Crippen LogP contribution in [0.15, 0.2) is 12.1 Å². The second kappa shape index (κ2) is 3.98. The van der Waals surface area contributed by atoms with Gasteiger partial charge in [-0.1, -0.05) is 0 Å². The van der Waals surface area contributed by atoms with E-state index in [1.165, 1.54) is 12.1 Å². The topological polar surface area (TPSA) is 49.3 Å². The normalized spacial score (nSPS) is 13.9. The summed E-state index contributed by atoms with van der Waals surface area (Å²) in [4.78, 5) is 11.2. The Labute approximate surface area is 86.9 Å². The molecule has 0 unspecified atom stereocenters. The summed E-state index contributed by atoms with van der Waals surface area (Å²) in [6.45, 7) is 0.0687. The van der Waals surface area contributed by atoms with E-state index in [2.05, 4.69) is 5.32 Å². The van der Waals surface area contributed by atoms with Crippen LogP contribution in [0.4, 0.5) is 10.1 Å². The van der Waals surface area contributed by atoms with E-state index in [1.54, 1.807) is 0 Å². The minimum atomic E-state index is -0.321. The van der Waals surface area contributed by atoms with Crippen LogP contribution in [0.2, 0.25) is 0 Å². The van der Waals surface area contributed by atoms with Gasteiger partial charge in [-0.05, 0) is 36.1 Å². The number of aliphatic hydroxyl groups excluding tert-OH is 1. The van der Waals surface area contributed by atoms with Crippen LogP contribution in [0.1, 0.15) is 17.5 Å². The summed E-state index contributed by atoms with van der Waals surface area (Å²) in [7, 11) is 0. The van der Waals surface area contributed by atoms with Gasteiger partial charge in [-0.3, -0.25) is 4.79 Å². The molecule has 0 radical (unpaired) electrons. The van der Waals surface area contributed by atoms with E-state index in [0.717, 1.165) is 11.3 Å². The Hall–Kier alpha value is -1.42. The molecule has 15 heavy (non-hydrogen) atoms.